The van der Waals surface area contributed by atoms with Crippen LogP contribution in [0.3, 0.4) is 0 Å². The first-order valence-electron chi connectivity index (χ1n) is 10.5. The van der Waals surface area contributed by atoms with Crippen LogP contribution in [0.4, 0.5) is 10.5 Å². The molecule has 3 rings (SSSR count). The predicted molar refractivity (Wildman–Crippen MR) is 128 cm³/mol. The summed E-state index contributed by atoms with van der Waals surface area (Å²) in [5.74, 6) is 1.48. The number of para-hydroxylation sites is 2. The quantitative estimate of drug-likeness (QED) is 0.482. The first-order valence-corrected chi connectivity index (χ1v) is 11.3. The molecule has 0 radical (unpaired) electrons. The largest absolute Gasteiger partial charge is 0.496 e. The molecule has 0 aliphatic carbocycles. The maximum atomic E-state index is 12.8. The van der Waals surface area contributed by atoms with Gasteiger partial charge in [-0.1, -0.05) is 12.1 Å². The van der Waals surface area contributed by atoms with Crippen molar-refractivity contribution in [1.29, 1.82) is 0 Å². The van der Waals surface area contributed by atoms with E-state index in [1.807, 2.05) is 30.3 Å². The molecule has 2 aromatic rings. The molecule has 8 heteroatoms. The molecule has 0 N–H and O–H groups in total. The molecule has 7 nitrogen and oxygen atoms in total. The third-order valence-corrected chi connectivity index (χ3v) is 6.05. The van der Waals surface area contributed by atoms with Crippen LogP contribution >= 0.6 is 11.8 Å². The molecule has 0 aromatic heterocycles. The van der Waals surface area contributed by atoms with Crippen molar-refractivity contribution in [3.05, 3.63) is 52.9 Å². The molecule has 1 aliphatic rings. The summed E-state index contributed by atoms with van der Waals surface area (Å²) in [7, 11) is 3.16. The van der Waals surface area contributed by atoms with Gasteiger partial charge in [-0.2, -0.15) is 0 Å². The third kappa shape index (κ3) is 5.19. The number of nitrogens with zero attached hydrogens (tertiary/aromatic N) is 2. The number of ether oxygens (including phenoxy) is 3. The fourth-order valence-electron chi connectivity index (χ4n) is 3.42. The molecule has 1 saturated heterocycles. The predicted octanol–water partition coefficient (Wildman–Crippen LogP) is 4.67. The first-order chi connectivity index (χ1) is 15.5. The SMILES string of the molecule is CCN(CC)c1ccc(/C=C2\SC(=O)N(CCOc3ccccc3OC)C2=O)c(OC)c1. The highest BCUT2D eigenvalue weighted by atomic mass is 32.2. The summed E-state index contributed by atoms with van der Waals surface area (Å²) < 4.78 is 16.5. The molecular weight excluding hydrogens is 428 g/mol. The number of imide groups is 1. The Morgan fingerprint density at radius 3 is 2.31 bits per heavy atom. The average molecular weight is 457 g/mol. The summed E-state index contributed by atoms with van der Waals surface area (Å²) >= 11 is 0.922. The molecule has 0 spiro atoms. The van der Waals surface area contributed by atoms with Gasteiger partial charge in [0.25, 0.3) is 11.1 Å². The van der Waals surface area contributed by atoms with Crippen molar-refractivity contribution < 1.29 is 23.8 Å². The lowest BCUT2D eigenvalue weighted by molar-refractivity contribution is -0.123. The molecule has 2 aromatic carbocycles. The van der Waals surface area contributed by atoms with Crippen LogP contribution in [0.25, 0.3) is 6.08 Å². The van der Waals surface area contributed by atoms with Crippen molar-refractivity contribution in [3.8, 4) is 17.2 Å². The van der Waals surface area contributed by atoms with Crippen LogP contribution in [0.2, 0.25) is 0 Å². The Hall–Kier alpha value is -3.13. The van der Waals surface area contributed by atoms with E-state index in [2.05, 4.69) is 18.7 Å². The number of methoxy groups -OCH3 is 2. The van der Waals surface area contributed by atoms with Gasteiger partial charge in [0, 0.05) is 30.4 Å². The van der Waals surface area contributed by atoms with Crippen LogP contribution in [-0.4, -0.2) is 56.5 Å². The van der Waals surface area contributed by atoms with Gasteiger partial charge in [0.05, 0.1) is 25.7 Å². The number of hydrogen-bond donors (Lipinski definition) is 0. The zero-order valence-electron chi connectivity index (χ0n) is 18.8. The van der Waals surface area contributed by atoms with Crippen LogP contribution in [0.1, 0.15) is 19.4 Å². The fraction of sp³-hybridized carbons (Fsp3) is 0.333. The Morgan fingerprint density at radius 1 is 0.969 bits per heavy atom. The van der Waals surface area contributed by atoms with Gasteiger partial charge in [-0.3, -0.25) is 14.5 Å². The van der Waals surface area contributed by atoms with E-state index in [-0.39, 0.29) is 24.3 Å². The highest BCUT2D eigenvalue weighted by Gasteiger charge is 2.35. The standard InChI is InChI=1S/C24H28N2O5S/c1-5-25(6-2)18-12-11-17(21(16-18)30-4)15-22-23(27)26(24(28)32-22)13-14-31-20-10-8-7-9-19(20)29-3/h7-12,15-16H,5-6,13-14H2,1-4H3/b22-15-. The minimum Gasteiger partial charge on any atom is -0.496 e. The Morgan fingerprint density at radius 2 is 1.66 bits per heavy atom. The van der Waals surface area contributed by atoms with Crippen molar-refractivity contribution in [3.63, 3.8) is 0 Å². The molecule has 170 valence electrons. The summed E-state index contributed by atoms with van der Waals surface area (Å²) in [6.07, 6.45) is 1.71. The van der Waals surface area contributed by atoms with E-state index in [9.17, 15) is 9.59 Å². The highest BCUT2D eigenvalue weighted by molar-refractivity contribution is 8.18. The van der Waals surface area contributed by atoms with Crippen molar-refractivity contribution in [2.75, 3.05) is 45.4 Å². The Kier molecular flexibility index (Phi) is 8.05. The van der Waals surface area contributed by atoms with Gasteiger partial charge >= 0.3 is 0 Å². The third-order valence-electron chi connectivity index (χ3n) is 5.15. The van der Waals surface area contributed by atoms with Crippen molar-refractivity contribution in [1.82, 2.24) is 4.90 Å². The maximum Gasteiger partial charge on any atom is 0.293 e. The van der Waals surface area contributed by atoms with Crippen molar-refractivity contribution >= 4 is 34.7 Å². The van der Waals surface area contributed by atoms with Gasteiger partial charge in [0.2, 0.25) is 0 Å². The number of benzene rings is 2. The fourth-order valence-corrected chi connectivity index (χ4v) is 4.28. The van der Waals surface area contributed by atoms with Crippen LogP contribution in [0.15, 0.2) is 47.4 Å². The summed E-state index contributed by atoms with van der Waals surface area (Å²) in [6.45, 7) is 6.28. The highest BCUT2D eigenvalue weighted by Crippen LogP contribution is 2.35. The molecule has 0 saturated carbocycles. The maximum absolute atomic E-state index is 12.8. The van der Waals surface area contributed by atoms with Gasteiger partial charge in [0.1, 0.15) is 12.4 Å². The average Bonchev–Trinajstić information content (AvgIpc) is 3.08. The monoisotopic (exact) mass is 456 g/mol. The van der Waals surface area contributed by atoms with E-state index >= 15 is 0 Å². The van der Waals surface area contributed by atoms with Crippen LogP contribution < -0.4 is 19.1 Å². The van der Waals surface area contributed by atoms with Crippen molar-refractivity contribution in [2.24, 2.45) is 0 Å². The van der Waals surface area contributed by atoms with Gasteiger partial charge in [-0.15, -0.1) is 0 Å². The number of amides is 2. The zero-order chi connectivity index (χ0) is 23.1. The molecule has 1 fully saturated rings. The van der Waals surface area contributed by atoms with Gasteiger partial charge < -0.3 is 19.1 Å². The molecular formula is C24H28N2O5S. The molecule has 0 atom stereocenters. The van der Waals surface area contributed by atoms with E-state index in [0.717, 1.165) is 36.1 Å². The lowest BCUT2D eigenvalue weighted by atomic mass is 10.1. The molecule has 1 heterocycles. The van der Waals surface area contributed by atoms with E-state index in [0.29, 0.717) is 22.2 Å². The summed E-state index contributed by atoms with van der Waals surface area (Å²) in [6, 6.07) is 13.1. The van der Waals surface area contributed by atoms with E-state index in [1.54, 1.807) is 32.4 Å². The smallest absolute Gasteiger partial charge is 0.293 e. The Labute approximate surface area is 192 Å². The summed E-state index contributed by atoms with van der Waals surface area (Å²) in [4.78, 5) is 29.0. The van der Waals surface area contributed by atoms with Gasteiger partial charge in [-0.05, 0) is 56.0 Å². The second-order valence-electron chi connectivity index (χ2n) is 6.93. The van der Waals surface area contributed by atoms with E-state index < -0.39 is 0 Å². The Balaban J connectivity index is 1.71. The number of rotatable bonds is 10. The number of thioether (sulfide) groups is 1. The molecule has 1 aliphatic heterocycles. The molecule has 2 amide bonds. The van der Waals surface area contributed by atoms with Gasteiger partial charge in [0.15, 0.2) is 11.5 Å². The van der Waals surface area contributed by atoms with Crippen LogP contribution in [0, 0.1) is 0 Å². The minimum absolute atomic E-state index is 0.151. The number of anilines is 1. The van der Waals surface area contributed by atoms with Crippen LogP contribution in [-0.2, 0) is 4.79 Å². The first kappa shape index (κ1) is 23.5. The summed E-state index contributed by atoms with van der Waals surface area (Å²) in [5.41, 5.74) is 1.80. The second-order valence-corrected chi connectivity index (χ2v) is 7.92. The van der Waals surface area contributed by atoms with E-state index in [1.165, 1.54) is 4.90 Å². The van der Waals surface area contributed by atoms with Gasteiger partial charge in [-0.25, -0.2) is 0 Å². The number of carbonyl (C=O) groups excluding carboxylic acids is 2. The van der Waals surface area contributed by atoms with Crippen molar-refractivity contribution in [2.45, 2.75) is 13.8 Å². The lowest BCUT2D eigenvalue weighted by Crippen LogP contribution is -2.32. The topological polar surface area (TPSA) is 68.3 Å². The van der Waals surface area contributed by atoms with Crippen LogP contribution in [0.5, 0.6) is 17.2 Å². The Bertz CT molecular complexity index is 1000. The molecule has 32 heavy (non-hydrogen) atoms. The van der Waals surface area contributed by atoms with E-state index in [4.69, 9.17) is 14.2 Å². The normalized spacial score (nSPS) is 14.8. The number of hydrogen-bond acceptors (Lipinski definition) is 7. The lowest BCUT2D eigenvalue weighted by Gasteiger charge is -2.22. The number of carbonyl (C=O) groups is 2. The second kappa shape index (κ2) is 10.9. The minimum atomic E-state index is -0.335. The molecule has 0 bridgehead atoms. The zero-order valence-corrected chi connectivity index (χ0v) is 19.6. The summed E-state index contributed by atoms with van der Waals surface area (Å²) in [5, 5.41) is -0.316. The molecule has 0 unspecified atom stereocenters.